The van der Waals surface area contributed by atoms with Crippen molar-refractivity contribution < 1.29 is 9.18 Å². The maximum Gasteiger partial charge on any atom is 0.237 e. The van der Waals surface area contributed by atoms with Gasteiger partial charge in [0.05, 0.1) is 11.0 Å². The molecule has 1 atom stereocenters. The lowest BCUT2D eigenvalue weighted by atomic mass is 10.2. The number of hydrogen-bond donors (Lipinski definition) is 1. The van der Waals surface area contributed by atoms with Crippen molar-refractivity contribution in [2.45, 2.75) is 54.8 Å². The van der Waals surface area contributed by atoms with Gasteiger partial charge in [-0.3, -0.25) is 4.79 Å². The lowest BCUT2D eigenvalue weighted by Crippen LogP contribution is -2.25. The van der Waals surface area contributed by atoms with E-state index in [4.69, 9.17) is 0 Å². The van der Waals surface area contributed by atoms with E-state index in [-0.39, 0.29) is 17.0 Å². The highest BCUT2D eigenvalue weighted by Gasteiger charge is 2.22. The smallest absolute Gasteiger partial charge is 0.237 e. The molecule has 0 saturated carbocycles. The lowest BCUT2D eigenvalue weighted by Gasteiger charge is -2.15. The van der Waals surface area contributed by atoms with Crippen molar-refractivity contribution in [2.24, 2.45) is 0 Å². The van der Waals surface area contributed by atoms with Gasteiger partial charge in [-0.25, -0.2) is 4.39 Å². The Morgan fingerprint density at radius 3 is 2.43 bits per heavy atom. The topological polar surface area (TPSA) is 59.8 Å². The highest BCUT2D eigenvalue weighted by molar-refractivity contribution is 8.00. The summed E-state index contributed by atoms with van der Waals surface area (Å²) in [6.07, 6.45) is 0.641. The van der Waals surface area contributed by atoms with E-state index in [1.165, 1.54) is 34.4 Å². The van der Waals surface area contributed by atoms with Crippen LogP contribution in [0.4, 0.5) is 10.1 Å². The Bertz CT molecular complexity index is 974. The number of carbonyl (C=O) groups excluding carboxylic acids is 1. The molecular formula is C22H25FN4OS2. The molecule has 1 heterocycles. The second-order valence-corrected chi connectivity index (χ2v) is 8.97. The second-order valence-electron chi connectivity index (χ2n) is 6.76. The van der Waals surface area contributed by atoms with Crippen LogP contribution < -0.4 is 5.32 Å². The zero-order valence-electron chi connectivity index (χ0n) is 17.3. The average Bonchev–Trinajstić information content (AvgIpc) is 3.14. The fourth-order valence-electron chi connectivity index (χ4n) is 2.82. The summed E-state index contributed by atoms with van der Waals surface area (Å²) in [7, 11) is 0. The number of nitrogens with one attached hydrogen (secondary N) is 1. The van der Waals surface area contributed by atoms with E-state index in [2.05, 4.69) is 51.3 Å². The van der Waals surface area contributed by atoms with Gasteiger partial charge in [-0.05, 0) is 56.7 Å². The molecule has 1 N–H and O–H groups in total. The van der Waals surface area contributed by atoms with Crippen molar-refractivity contribution in [3.63, 3.8) is 0 Å². The third-order valence-corrected chi connectivity index (χ3v) is 6.87. The molecule has 2 aromatic carbocycles. The highest BCUT2D eigenvalue weighted by Crippen LogP contribution is 2.28. The fraction of sp³-hybridized carbons (Fsp3) is 0.318. The zero-order valence-corrected chi connectivity index (χ0v) is 18.9. The molecule has 0 radical (unpaired) electrons. The van der Waals surface area contributed by atoms with Gasteiger partial charge in [0.1, 0.15) is 11.6 Å². The van der Waals surface area contributed by atoms with Crippen molar-refractivity contribution >= 4 is 35.1 Å². The standard InChI is InChI=1S/C22H25FN4OS2/c1-4-19(21(28)24-17-10-8-16(23)9-11-17)30-22-26-25-20(27(22)5-2)14-29-18-12-6-15(3)7-13-18/h6-13,19H,4-5,14H2,1-3H3,(H,24,28). The number of nitrogens with zero attached hydrogens (tertiary/aromatic N) is 3. The molecule has 1 amide bonds. The quantitative estimate of drug-likeness (QED) is 0.439. The Hall–Kier alpha value is -2.32. The highest BCUT2D eigenvalue weighted by atomic mass is 32.2. The van der Waals surface area contributed by atoms with Gasteiger partial charge in [-0.1, -0.05) is 36.4 Å². The second kappa shape index (κ2) is 10.6. The summed E-state index contributed by atoms with van der Waals surface area (Å²) < 4.78 is 15.1. The molecule has 0 aliphatic rings. The van der Waals surface area contributed by atoms with Gasteiger partial charge in [-0.15, -0.1) is 22.0 Å². The Labute approximate surface area is 184 Å². The number of halogens is 1. The van der Waals surface area contributed by atoms with E-state index < -0.39 is 0 Å². The first-order valence-electron chi connectivity index (χ1n) is 9.84. The Morgan fingerprint density at radius 1 is 1.10 bits per heavy atom. The van der Waals surface area contributed by atoms with Crippen LogP contribution in [-0.4, -0.2) is 25.9 Å². The molecule has 30 heavy (non-hydrogen) atoms. The normalized spacial score (nSPS) is 12.0. The first-order valence-corrected chi connectivity index (χ1v) is 11.7. The van der Waals surface area contributed by atoms with Crippen molar-refractivity contribution in [2.75, 3.05) is 5.32 Å². The molecule has 0 aliphatic heterocycles. The number of thioether (sulfide) groups is 2. The van der Waals surface area contributed by atoms with Crippen LogP contribution >= 0.6 is 23.5 Å². The molecule has 0 fully saturated rings. The van der Waals surface area contributed by atoms with Crippen molar-refractivity contribution in [3.05, 3.63) is 65.7 Å². The van der Waals surface area contributed by atoms with Crippen molar-refractivity contribution in [1.82, 2.24) is 14.8 Å². The minimum Gasteiger partial charge on any atom is -0.325 e. The monoisotopic (exact) mass is 444 g/mol. The summed E-state index contributed by atoms with van der Waals surface area (Å²) in [5.74, 6) is 1.14. The predicted octanol–water partition coefficient (Wildman–Crippen LogP) is 5.55. The molecule has 8 heteroatoms. The number of rotatable bonds is 9. The first kappa shape index (κ1) is 22.4. The number of aryl methyl sites for hydroxylation is 1. The number of carbonyl (C=O) groups is 1. The van der Waals surface area contributed by atoms with Crippen LogP contribution in [0, 0.1) is 12.7 Å². The summed E-state index contributed by atoms with van der Waals surface area (Å²) in [5.41, 5.74) is 1.81. The Morgan fingerprint density at radius 2 is 1.80 bits per heavy atom. The number of benzene rings is 2. The molecule has 158 valence electrons. The molecule has 0 bridgehead atoms. The summed E-state index contributed by atoms with van der Waals surface area (Å²) in [6, 6.07) is 14.2. The molecule has 0 aliphatic carbocycles. The van der Waals surface area contributed by atoms with Gasteiger partial charge in [0.25, 0.3) is 0 Å². The van der Waals surface area contributed by atoms with E-state index >= 15 is 0 Å². The van der Waals surface area contributed by atoms with E-state index in [0.717, 1.165) is 17.5 Å². The summed E-state index contributed by atoms with van der Waals surface area (Å²) >= 11 is 3.13. The minimum absolute atomic E-state index is 0.129. The molecule has 5 nitrogen and oxygen atoms in total. The van der Waals surface area contributed by atoms with Gasteiger partial charge in [0.2, 0.25) is 5.91 Å². The molecule has 0 spiro atoms. The van der Waals surface area contributed by atoms with Crippen molar-refractivity contribution in [3.8, 4) is 0 Å². The van der Waals surface area contributed by atoms with Crippen LogP contribution in [-0.2, 0) is 17.1 Å². The predicted molar refractivity (Wildman–Crippen MR) is 121 cm³/mol. The van der Waals surface area contributed by atoms with Gasteiger partial charge in [-0.2, -0.15) is 0 Å². The molecular weight excluding hydrogens is 419 g/mol. The van der Waals surface area contributed by atoms with Gasteiger partial charge >= 0.3 is 0 Å². The van der Waals surface area contributed by atoms with E-state index in [9.17, 15) is 9.18 Å². The lowest BCUT2D eigenvalue weighted by molar-refractivity contribution is -0.115. The van der Waals surface area contributed by atoms with E-state index in [1.807, 2.05) is 13.8 Å². The molecule has 3 aromatic rings. The molecule has 1 aromatic heterocycles. The number of anilines is 1. The summed E-state index contributed by atoms with van der Waals surface area (Å²) in [6.45, 7) is 6.81. The third-order valence-electron chi connectivity index (χ3n) is 4.52. The minimum atomic E-state index is -0.332. The van der Waals surface area contributed by atoms with Crippen LogP contribution in [0.3, 0.4) is 0 Å². The van der Waals surface area contributed by atoms with E-state index in [1.54, 1.807) is 23.9 Å². The van der Waals surface area contributed by atoms with Gasteiger partial charge < -0.3 is 9.88 Å². The van der Waals surface area contributed by atoms with E-state index in [0.29, 0.717) is 17.9 Å². The molecule has 1 unspecified atom stereocenters. The summed E-state index contributed by atoms with van der Waals surface area (Å²) in [4.78, 5) is 13.9. The average molecular weight is 445 g/mol. The fourth-order valence-corrected chi connectivity index (χ4v) is 4.69. The third kappa shape index (κ3) is 5.86. The van der Waals surface area contributed by atoms with Crippen LogP contribution in [0.15, 0.2) is 58.6 Å². The van der Waals surface area contributed by atoms with Crippen LogP contribution in [0.2, 0.25) is 0 Å². The zero-order chi connectivity index (χ0) is 21.5. The van der Waals surface area contributed by atoms with Crippen LogP contribution in [0.25, 0.3) is 0 Å². The Balaban J connectivity index is 1.66. The maximum atomic E-state index is 13.1. The Kier molecular flexibility index (Phi) is 7.93. The molecule has 3 rings (SSSR count). The number of aromatic nitrogens is 3. The SMILES string of the molecule is CCC(Sc1nnc(CSc2ccc(C)cc2)n1CC)C(=O)Nc1ccc(F)cc1. The van der Waals surface area contributed by atoms with Gasteiger partial charge in [0.15, 0.2) is 5.16 Å². The number of hydrogen-bond acceptors (Lipinski definition) is 5. The maximum absolute atomic E-state index is 13.1. The van der Waals surface area contributed by atoms with Crippen LogP contribution in [0.5, 0.6) is 0 Å². The molecule has 0 saturated heterocycles. The van der Waals surface area contributed by atoms with Crippen LogP contribution in [0.1, 0.15) is 31.7 Å². The van der Waals surface area contributed by atoms with Crippen molar-refractivity contribution in [1.29, 1.82) is 0 Å². The number of amides is 1. The first-order chi connectivity index (χ1) is 14.5. The summed E-state index contributed by atoms with van der Waals surface area (Å²) in [5, 5.41) is 12.0. The van der Waals surface area contributed by atoms with Gasteiger partial charge in [0, 0.05) is 17.1 Å². The largest absolute Gasteiger partial charge is 0.325 e.